The summed E-state index contributed by atoms with van der Waals surface area (Å²) in [6.07, 6.45) is 6.40. The summed E-state index contributed by atoms with van der Waals surface area (Å²) in [6, 6.07) is 0. The van der Waals surface area contributed by atoms with Gasteiger partial charge in [0.25, 0.3) is 0 Å². The van der Waals surface area contributed by atoms with Crippen molar-refractivity contribution in [3.05, 3.63) is 11.6 Å². The molecule has 1 fully saturated rings. The molecule has 1 aliphatic rings. The van der Waals surface area contributed by atoms with Crippen LogP contribution in [0.4, 0.5) is 0 Å². The Morgan fingerprint density at radius 3 is 2.58 bits per heavy atom. The van der Waals surface area contributed by atoms with Crippen molar-refractivity contribution in [3.8, 4) is 0 Å². The van der Waals surface area contributed by atoms with Gasteiger partial charge in [-0.15, -0.1) is 23.5 Å². The second kappa shape index (κ2) is 5.98. The van der Waals surface area contributed by atoms with Gasteiger partial charge in [-0.05, 0) is 44.6 Å². The Morgan fingerprint density at radius 1 is 1.33 bits per heavy atom. The van der Waals surface area contributed by atoms with Crippen LogP contribution in [0.1, 0.15) is 33.1 Å². The first-order valence-corrected chi connectivity index (χ1v) is 6.75. The normalized spacial score (nSPS) is 19.2. The van der Waals surface area contributed by atoms with Crippen LogP contribution in [-0.2, 0) is 0 Å². The molecule has 0 aromatic rings. The minimum absolute atomic E-state index is 0.884. The summed E-state index contributed by atoms with van der Waals surface area (Å²) >= 11 is 4.30. The summed E-state index contributed by atoms with van der Waals surface area (Å²) in [5.41, 5.74) is 1.46. The van der Waals surface area contributed by atoms with Crippen LogP contribution < -0.4 is 0 Å². The van der Waals surface area contributed by atoms with Gasteiger partial charge in [0.15, 0.2) is 0 Å². The number of hydrogen-bond acceptors (Lipinski definition) is 2. The molecule has 0 spiro atoms. The molecule has 0 amide bonds. The van der Waals surface area contributed by atoms with E-state index in [-0.39, 0.29) is 0 Å². The van der Waals surface area contributed by atoms with Gasteiger partial charge in [-0.2, -0.15) is 0 Å². The third-order valence-electron chi connectivity index (χ3n) is 1.85. The van der Waals surface area contributed by atoms with Crippen LogP contribution in [0.2, 0.25) is 0 Å². The summed E-state index contributed by atoms with van der Waals surface area (Å²) in [5, 5.41) is 0. The summed E-state index contributed by atoms with van der Waals surface area (Å²) in [6.45, 7) is 4.36. The molecule has 2 heteroatoms. The highest BCUT2D eigenvalue weighted by Crippen LogP contribution is 2.33. The van der Waals surface area contributed by atoms with Gasteiger partial charge in [0.1, 0.15) is 0 Å². The third-order valence-corrected chi connectivity index (χ3v) is 4.93. The molecule has 0 bridgehead atoms. The third kappa shape index (κ3) is 4.46. The molecule has 0 atom stereocenters. The average molecular weight is 202 g/mol. The standard InChI is InChI=1S/C10H18S2/c1-9(2)5-3-6-10-11-7-4-8-12-10/h5,10H,3-4,6-8H2,1-2H3. The second-order valence-corrected chi connectivity index (χ2v) is 6.30. The van der Waals surface area contributed by atoms with E-state index >= 15 is 0 Å². The highest BCUT2D eigenvalue weighted by atomic mass is 32.2. The maximum absolute atomic E-state index is 2.36. The van der Waals surface area contributed by atoms with E-state index in [1.54, 1.807) is 0 Å². The highest BCUT2D eigenvalue weighted by Gasteiger charge is 2.12. The average Bonchev–Trinajstić information content (AvgIpc) is 2.05. The molecule has 12 heavy (non-hydrogen) atoms. The van der Waals surface area contributed by atoms with Gasteiger partial charge < -0.3 is 0 Å². The van der Waals surface area contributed by atoms with Crippen molar-refractivity contribution in [2.24, 2.45) is 0 Å². The maximum Gasteiger partial charge on any atom is 0.0505 e. The molecular formula is C10H18S2. The predicted octanol–water partition coefficient (Wildman–Crippen LogP) is 3.93. The first kappa shape index (κ1) is 10.5. The van der Waals surface area contributed by atoms with Crippen molar-refractivity contribution in [2.75, 3.05) is 11.5 Å². The molecular weight excluding hydrogens is 184 g/mol. The molecule has 1 heterocycles. The van der Waals surface area contributed by atoms with Crippen molar-refractivity contribution in [3.63, 3.8) is 0 Å². The van der Waals surface area contributed by atoms with Gasteiger partial charge in [-0.3, -0.25) is 0 Å². The van der Waals surface area contributed by atoms with Crippen LogP contribution in [0.15, 0.2) is 11.6 Å². The molecule has 0 aromatic heterocycles. The Kier molecular flexibility index (Phi) is 5.24. The van der Waals surface area contributed by atoms with Crippen LogP contribution in [0.25, 0.3) is 0 Å². The zero-order valence-electron chi connectivity index (χ0n) is 8.01. The van der Waals surface area contributed by atoms with Crippen molar-refractivity contribution >= 4 is 23.5 Å². The first-order chi connectivity index (χ1) is 5.79. The van der Waals surface area contributed by atoms with E-state index in [2.05, 4.69) is 43.4 Å². The largest absolute Gasteiger partial charge is 0.148 e. The fraction of sp³-hybridized carbons (Fsp3) is 0.800. The molecule has 1 saturated heterocycles. The molecule has 70 valence electrons. The molecule has 0 aliphatic carbocycles. The van der Waals surface area contributed by atoms with Crippen LogP contribution in [0.3, 0.4) is 0 Å². The van der Waals surface area contributed by atoms with Gasteiger partial charge >= 0.3 is 0 Å². The fourth-order valence-electron chi connectivity index (χ4n) is 1.21. The van der Waals surface area contributed by atoms with E-state index < -0.39 is 0 Å². The van der Waals surface area contributed by atoms with E-state index in [1.807, 2.05) is 0 Å². The predicted molar refractivity (Wildman–Crippen MR) is 62.0 cm³/mol. The lowest BCUT2D eigenvalue weighted by Gasteiger charge is -2.19. The summed E-state index contributed by atoms with van der Waals surface area (Å²) < 4.78 is 0.884. The van der Waals surface area contributed by atoms with Crippen molar-refractivity contribution in [2.45, 2.75) is 37.7 Å². The van der Waals surface area contributed by atoms with Crippen LogP contribution in [0.5, 0.6) is 0 Å². The Balaban J connectivity index is 2.09. The van der Waals surface area contributed by atoms with E-state index in [0.717, 1.165) is 4.58 Å². The SMILES string of the molecule is CC(C)=CCCC1SCCCS1. The Hall–Kier alpha value is 0.440. The Bertz CT molecular complexity index is 142. The van der Waals surface area contributed by atoms with E-state index in [4.69, 9.17) is 0 Å². The number of allylic oxidation sites excluding steroid dienone is 2. The fourth-order valence-corrected chi connectivity index (χ4v) is 4.11. The Labute approximate surface area is 84.6 Å². The molecule has 0 N–H and O–H groups in total. The number of hydrogen-bond donors (Lipinski definition) is 0. The Morgan fingerprint density at radius 2 is 2.00 bits per heavy atom. The van der Waals surface area contributed by atoms with Gasteiger partial charge in [-0.1, -0.05) is 11.6 Å². The van der Waals surface area contributed by atoms with E-state index in [0.29, 0.717) is 0 Å². The van der Waals surface area contributed by atoms with Gasteiger partial charge in [0.05, 0.1) is 4.58 Å². The lowest BCUT2D eigenvalue weighted by molar-refractivity contribution is 0.916. The van der Waals surface area contributed by atoms with Gasteiger partial charge in [-0.25, -0.2) is 0 Å². The quantitative estimate of drug-likeness (QED) is 0.636. The number of thioether (sulfide) groups is 2. The number of rotatable bonds is 3. The minimum Gasteiger partial charge on any atom is -0.148 e. The van der Waals surface area contributed by atoms with E-state index in [1.165, 1.54) is 36.3 Å². The monoisotopic (exact) mass is 202 g/mol. The second-order valence-electron chi connectivity index (χ2n) is 3.38. The van der Waals surface area contributed by atoms with Crippen molar-refractivity contribution in [1.82, 2.24) is 0 Å². The minimum atomic E-state index is 0.884. The topological polar surface area (TPSA) is 0 Å². The molecule has 0 aromatic carbocycles. The van der Waals surface area contributed by atoms with Crippen LogP contribution in [0, 0.1) is 0 Å². The summed E-state index contributed by atoms with van der Waals surface area (Å²) in [5.74, 6) is 2.76. The molecule has 0 unspecified atom stereocenters. The molecule has 1 rings (SSSR count). The molecule has 0 saturated carbocycles. The van der Waals surface area contributed by atoms with Gasteiger partial charge in [0.2, 0.25) is 0 Å². The summed E-state index contributed by atoms with van der Waals surface area (Å²) in [4.78, 5) is 0. The molecule has 0 nitrogen and oxygen atoms in total. The molecule has 1 aliphatic heterocycles. The zero-order valence-corrected chi connectivity index (χ0v) is 9.64. The molecule has 0 radical (unpaired) electrons. The lowest BCUT2D eigenvalue weighted by atomic mass is 10.2. The van der Waals surface area contributed by atoms with Gasteiger partial charge in [0, 0.05) is 0 Å². The summed E-state index contributed by atoms with van der Waals surface area (Å²) in [7, 11) is 0. The highest BCUT2D eigenvalue weighted by molar-refractivity contribution is 8.17. The van der Waals surface area contributed by atoms with E-state index in [9.17, 15) is 0 Å². The first-order valence-electron chi connectivity index (χ1n) is 4.65. The smallest absolute Gasteiger partial charge is 0.0505 e. The van der Waals surface area contributed by atoms with Crippen LogP contribution in [-0.4, -0.2) is 16.1 Å². The maximum atomic E-state index is 2.36. The van der Waals surface area contributed by atoms with Crippen LogP contribution >= 0.6 is 23.5 Å². The lowest BCUT2D eigenvalue weighted by Crippen LogP contribution is -2.05. The van der Waals surface area contributed by atoms with Crippen molar-refractivity contribution in [1.29, 1.82) is 0 Å². The van der Waals surface area contributed by atoms with Crippen molar-refractivity contribution < 1.29 is 0 Å². The zero-order chi connectivity index (χ0) is 8.81.